The van der Waals surface area contributed by atoms with E-state index in [0.717, 1.165) is 5.56 Å². The second-order valence-electron chi connectivity index (χ2n) is 7.12. The molecule has 3 aromatic rings. The third kappa shape index (κ3) is 6.43. The van der Waals surface area contributed by atoms with Crippen molar-refractivity contribution in [2.24, 2.45) is 0 Å². The Hall–Kier alpha value is -3.63. The fourth-order valence-corrected chi connectivity index (χ4v) is 4.04. The molecule has 33 heavy (non-hydrogen) atoms. The average Bonchev–Trinajstić information content (AvgIpc) is 3.34. The number of sulfonamides is 1. The van der Waals surface area contributed by atoms with Gasteiger partial charge in [-0.05, 0) is 55.0 Å². The monoisotopic (exact) mass is 471 g/mol. The second kappa shape index (κ2) is 10.8. The number of anilines is 1. The van der Waals surface area contributed by atoms with Crippen LogP contribution in [0.25, 0.3) is 0 Å². The van der Waals surface area contributed by atoms with Crippen LogP contribution in [0.4, 0.5) is 5.69 Å². The summed E-state index contributed by atoms with van der Waals surface area (Å²) in [6, 6.07) is 16.3. The Morgan fingerprint density at radius 3 is 2.39 bits per heavy atom. The van der Waals surface area contributed by atoms with Crippen molar-refractivity contribution in [3.8, 4) is 5.75 Å². The van der Waals surface area contributed by atoms with Crippen molar-refractivity contribution in [1.82, 2.24) is 10.0 Å². The molecule has 0 aliphatic heterocycles. The number of methoxy groups -OCH3 is 1. The summed E-state index contributed by atoms with van der Waals surface area (Å²) in [5, 5.41) is 2.69. The lowest BCUT2D eigenvalue weighted by Gasteiger charge is -2.24. The highest BCUT2D eigenvalue weighted by molar-refractivity contribution is 7.89. The Labute approximate surface area is 192 Å². The van der Waals surface area contributed by atoms with E-state index in [1.54, 1.807) is 37.3 Å². The Bertz CT molecular complexity index is 1190. The smallest absolute Gasteiger partial charge is 0.242 e. The topological polar surface area (TPSA) is 118 Å². The van der Waals surface area contributed by atoms with Gasteiger partial charge in [0.05, 0.1) is 31.4 Å². The molecule has 0 spiro atoms. The molecule has 0 aliphatic rings. The Balaban J connectivity index is 1.71. The van der Waals surface area contributed by atoms with Crippen LogP contribution in [0, 0.1) is 6.92 Å². The van der Waals surface area contributed by atoms with E-state index in [4.69, 9.17) is 9.15 Å². The summed E-state index contributed by atoms with van der Waals surface area (Å²) >= 11 is 0. The zero-order valence-electron chi connectivity index (χ0n) is 18.3. The summed E-state index contributed by atoms with van der Waals surface area (Å²) in [4.78, 5) is 26.8. The zero-order chi connectivity index (χ0) is 23.8. The lowest BCUT2D eigenvalue weighted by atomic mass is 10.1. The Morgan fingerprint density at radius 2 is 1.76 bits per heavy atom. The van der Waals surface area contributed by atoms with E-state index in [0.29, 0.717) is 17.2 Å². The van der Waals surface area contributed by atoms with Crippen LogP contribution in [0.1, 0.15) is 11.3 Å². The molecular weight excluding hydrogens is 446 g/mol. The van der Waals surface area contributed by atoms with Gasteiger partial charge in [-0.1, -0.05) is 18.2 Å². The van der Waals surface area contributed by atoms with Gasteiger partial charge in [0.15, 0.2) is 0 Å². The average molecular weight is 472 g/mol. The third-order valence-electron chi connectivity index (χ3n) is 4.83. The molecule has 0 radical (unpaired) electrons. The van der Waals surface area contributed by atoms with Crippen molar-refractivity contribution in [2.75, 3.05) is 25.1 Å². The number of nitrogens with one attached hydrogen (secondary N) is 2. The summed E-state index contributed by atoms with van der Waals surface area (Å²) in [5.41, 5.74) is 1.28. The quantitative estimate of drug-likeness (QED) is 0.468. The minimum Gasteiger partial charge on any atom is -0.497 e. The molecule has 0 fully saturated rings. The lowest BCUT2D eigenvalue weighted by molar-refractivity contribution is -0.123. The van der Waals surface area contributed by atoms with Crippen LogP contribution in [0.5, 0.6) is 5.75 Å². The van der Waals surface area contributed by atoms with Gasteiger partial charge < -0.3 is 19.4 Å². The van der Waals surface area contributed by atoms with Crippen molar-refractivity contribution in [3.63, 3.8) is 0 Å². The Kier molecular flexibility index (Phi) is 7.86. The third-order valence-corrected chi connectivity index (χ3v) is 6.25. The molecule has 9 nitrogen and oxygen atoms in total. The van der Waals surface area contributed by atoms with E-state index in [-0.39, 0.29) is 18.0 Å². The molecule has 0 aliphatic carbocycles. The van der Waals surface area contributed by atoms with Crippen LogP contribution < -0.4 is 19.7 Å². The first-order chi connectivity index (χ1) is 15.8. The maximum atomic E-state index is 13.0. The number of ether oxygens (including phenoxy) is 1. The molecular formula is C23H25N3O6S. The number of benzene rings is 2. The number of hydrogen-bond donors (Lipinski definition) is 2. The molecule has 2 amide bonds. The van der Waals surface area contributed by atoms with Gasteiger partial charge in [0, 0.05) is 5.69 Å². The summed E-state index contributed by atoms with van der Waals surface area (Å²) < 4.78 is 37.7. The molecule has 10 heteroatoms. The van der Waals surface area contributed by atoms with Gasteiger partial charge in [-0.15, -0.1) is 0 Å². The van der Waals surface area contributed by atoms with E-state index in [1.165, 1.54) is 42.5 Å². The number of nitrogens with zero attached hydrogens (tertiary/aromatic N) is 1. The van der Waals surface area contributed by atoms with Crippen molar-refractivity contribution in [2.45, 2.75) is 18.4 Å². The van der Waals surface area contributed by atoms with Crippen molar-refractivity contribution in [1.29, 1.82) is 0 Å². The van der Waals surface area contributed by atoms with Crippen LogP contribution in [-0.2, 0) is 26.2 Å². The molecule has 0 unspecified atom stereocenters. The first-order valence-electron chi connectivity index (χ1n) is 10.1. The van der Waals surface area contributed by atoms with E-state index < -0.39 is 28.4 Å². The highest BCUT2D eigenvalue weighted by atomic mass is 32.2. The van der Waals surface area contributed by atoms with E-state index >= 15 is 0 Å². The fourth-order valence-electron chi connectivity index (χ4n) is 3.06. The van der Waals surface area contributed by atoms with Crippen LogP contribution in [0.2, 0.25) is 0 Å². The number of carbonyl (C=O) groups excluding carboxylic acids is 2. The number of hydrogen-bond acceptors (Lipinski definition) is 6. The highest BCUT2D eigenvalue weighted by Gasteiger charge is 2.23. The van der Waals surface area contributed by atoms with Gasteiger partial charge in [0.2, 0.25) is 21.8 Å². The molecule has 0 saturated carbocycles. The van der Waals surface area contributed by atoms with Gasteiger partial charge in [-0.2, -0.15) is 0 Å². The molecule has 1 aromatic heterocycles. The van der Waals surface area contributed by atoms with Crippen LogP contribution >= 0.6 is 0 Å². The second-order valence-corrected chi connectivity index (χ2v) is 8.89. The van der Waals surface area contributed by atoms with E-state index in [2.05, 4.69) is 10.0 Å². The molecule has 3 rings (SSSR count). The molecule has 0 saturated heterocycles. The summed E-state index contributed by atoms with van der Waals surface area (Å²) in [5.74, 6) is 0.0937. The molecule has 2 aromatic carbocycles. The van der Waals surface area contributed by atoms with Gasteiger partial charge in [0.1, 0.15) is 18.1 Å². The molecule has 2 N–H and O–H groups in total. The van der Waals surface area contributed by atoms with Crippen molar-refractivity contribution < 1.29 is 27.2 Å². The minimum absolute atomic E-state index is 0.00488. The predicted octanol–water partition coefficient (Wildman–Crippen LogP) is 2.22. The minimum atomic E-state index is -3.94. The molecule has 0 atom stereocenters. The lowest BCUT2D eigenvalue weighted by Crippen LogP contribution is -2.45. The van der Waals surface area contributed by atoms with Crippen molar-refractivity contribution in [3.05, 3.63) is 78.3 Å². The zero-order valence-corrected chi connectivity index (χ0v) is 19.1. The van der Waals surface area contributed by atoms with Gasteiger partial charge in [-0.3, -0.25) is 9.59 Å². The molecule has 1 heterocycles. The van der Waals surface area contributed by atoms with Crippen LogP contribution in [0.3, 0.4) is 0 Å². The Morgan fingerprint density at radius 1 is 1.03 bits per heavy atom. The maximum Gasteiger partial charge on any atom is 0.242 e. The predicted molar refractivity (Wildman–Crippen MR) is 122 cm³/mol. The largest absolute Gasteiger partial charge is 0.497 e. The first kappa shape index (κ1) is 24.0. The number of rotatable bonds is 10. The number of para-hydroxylation sites is 1. The normalized spacial score (nSPS) is 11.1. The van der Waals surface area contributed by atoms with Gasteiger partial charge in [0.25, 0.3) is 0 Å². The number of furan rings is 1. The number of amides is 2. The summed E-state index contributed by atoms with van der Waals surface area (Å²) in [6.07, 6.45) is 1.50. The molecule has 174 valence electrons. The number of carbonyl (C=O) groups is 2. The highest BCUT2D eigenvalue weighted by Crippen LogP contribution is 2.20. The SMILES string of the molecule is COc1ccc(S(=O)(=O)NCC(=O)N(CC(=O)NCc2ccco2)c2ccccc2C)cc1. The van der Waals surface area contributed by atoms with Crippen LogP contribution in [0.15, 0.2) is 76.2 Å². The van der Waals surface area contributed by atoms with Gasteiger partial charge in [-0.25, -0.2) is 13.1 Å². The maximum absolute atomic E-state index is 13.0. The van der Waals surface area contributed by atoms with Crippen molar-refractivity contribution >= 4 is 27.5 Å². The summed E-state index contributed by atoms with van der Waals surface area (Å²) in [6.45, 7) is 1.17. The first-order valence-corrected chi connectivity index (χ1v) is 11.6. The van der Waals surface area contributed by atoms with E-state index in [1.807, 2.05) is 6.07 Å². The fraction of sp³-hybridized carbons (Fsp3) is 0.217. The van der Waals surface area contributed by atoms with E-state index in [9.17, 15) is 18.0 Å². The molecule has 0 bridgehead atoms. The summed E-state index contributed by atoms with van der Waals surface area (Å²) in [7, 11) is -2.46. The van der Waals surface area contributed by atoms with Gasteiger partial charge >= 0.3 is 0 Å². The number of aryl methyl sites for hydroxylation is 1. The standard InChI is InChI=1S/C23H25N3O6S/c1-17-6-3-4-8-21(17)26(16-22(27)24-14-19-7-5-13-32-19)23(28)15-25-33(29,30)20-11-9-18(31-2)10-12-20/h3-13,25H,14-16H2,1-2H3,(H,24,27). The van der Waals surface area contributed by atoms with Crippen LogP contribution in [-0.4, -0.2) is 40.4 Å².